The summed E-state index contributed by atoms with van der Waals surface area (Å²) in [5.74, 6) is 1.16. The van der Waals surface area contributed by atoms with Crippen LogP contribution < -0.4 is 9.47 Å². The molecule has 0 saturated heterocycles. The normalized spacial score (nSPS) is 17.2. The predicted molar refractivity (Wildman–Crippen MR) is 146 cm³/mol. The number of pyridine rings is 1. The minimum Gasteiger partial charge on any atom is -0.489 e. The number of allylic oxidation sites excluding steroid dienone is 2. The number of carboxylic acid groups (broad SMARTS) is 1. The number of aliphatic carboxylic acids is 1. The van der Waals surface area contributed by atoms with E-state index in [1.165, 1.54) is 11.1 Å². The zero-order valence-corrected chi connectivity index (χ0v) is 21.9. The fraction of sp³-hybridized carbons (Fsp3) is 0.375. The van der Waals surface area contributed by atoms with E-state index in [-0.39, 0.29) is 17.8 Å². The summed E-state index contributed by atoms with van der Waals surface area (Å²) in [7, 11) is 1.64. The van der Waals surface area contributed by atoms with E-state index in [1.54, 1.807) is 13.3 Å². The third-order valence-corrected chi connectivity index (χ3v) is 7.75. The second-order valence-electron chi connectivity index (χ2n) is 10.9. The van der Waals surface area contributed by atoms with Gasteiger partial charge in [-0.15, -0.1) is 0 Å². The van der Waals surface area contributed by atoms with Crippen molar-refractivity contribution in [2.45, 2.75) is 58.5 Å². The maximum Gasteiger partial charge on any atom is 0.303 e. The van der Waals surface area contributed by atoms with E-state index < -0.39 is 5.97 Å². The largest absolute Gasteiger partial charge is 0.489 e. The lowest BCUT2D eigenvalue weighted by Gasteiger charge is -2.25. The van der Waals surface area contributed by atoms with Gasteiger partial charge in [0.25, 0.3) is 0 Å². The van der Waals surface area contributed by atoms with Crippen LogP contribution in [0.5, 0.6) is 11.6 Å². The maximum atomic E-state index is 11.4. The summed E-state index contributed by atoms with van der Waals surface area (Å²) < 4.78 is 11.6. The van der Waals surface area contributed by atoms with Gasteiger partial charge in [-0.2, -0.15) is 0 Å². The summed E-state index contributed by atoms with van der Waals surface area (Å²) in [5.41, 5.74) is 7.08. The second kappa shape index (κ2) is 10.4. The number of carboxylic acids is 1. The highest BCUT2D eigenvalue weighted by Gasteiger charge is 2.34. The van der Waals surface area contributed by atoms with Crippen LogP contribution in [-0.2, 0) is 11.4 Å². The number of carbonyl (C=O) groups is 1. The van der Waals surface area contributed by atoms with Gasteiger partial charge in [-0.1, -0.05) is 44.2 Å². The molecule has 0 unspecified atom stereocenters. The van der Waals surface area contributed by atoms with Crippen molar-refractivity contribution in [3.8, 4) is 22.8 Å². The Morgan fingerprint density at radius 1 is 1.11 bits per heavy atom. The van der Waals surface area contributed by atoms with E-state index in [1.807, 2.05) is 36.4 Å². The van der Waals surface area contributed by atoms with Gasteiger partial charge in [0, 0.05) is 12.3 Å². The molecule has 1 aromatic heterocycles. The summed E-state index contributed by atoms with van der Waals surface area (Å²) in [6.07, 6.45) is 8.74. The minimum atomic E-state index is -0.744. The van der Waals surface area contributed by atoms with Crippen molar-refractivity contribution < 1.29 is 19.4 Å². The molecule has 2 aliphatic carbocycles. The van der Waals surface area contributed by atoms with Crippen molar-refractivity contribution in [1.29, 1.82) is 0 Å². The molecule has 0 bridgehead atoms. The van der Waals surface area contributed by atoms with Crippen LogP contribution in [0.3, 0.4) is 0 Å². The van der Waals surface area contributed by atoms with Gasteiger partial charge in [-0.3, -0.25) is 4.79 Å². The average molecular weight is 498 g/mol. The fourth-order valence-electron chi connectivity index (χ4n) is 5.55. The molecule has 2 aromatic carbocycles. The summed E-state index contributed by atoms with van der Waals surface area (Å²) in [6, 6.07) is 18.5. The molecule has 5 nitrogen and oxygen atoms in total. The SMILES string of the molecule is COc1cc(-c2ccc(COc3cccc([C@@H](CC(=O)O)C4CC4)c3)cc2C2=CCCC2(C)C)ccn1. The number of hydrogen-bond donors (Lipinski definition) is 1. The molecular formula is C32H35NO4. The van der Waals surface area contributed by atoms with Gasteiger partial charge in [0.2, 0.25) is 5.88 Å². The lowest BCUT2D eigenvalue weighted by Crippen LogP contribution is -2.10. The van der Waals surface area contributed by atoms with Gasteiger partial charge in [0.1, 0.15) is 12.4 Å². The summed E-state index contributed by atoms with van der Waals surface area (Å²) in [4.78, 5) is 15.7. The number of rotatable bonds is 10. The average Bonchev–Trinajstić information content (AvgIpc) is 3.68. The monoisotopic (exact) mass is 497 g/mol. The van der Waals surface area contributed by atoms with Gasteiger partial charge < -0.3 is 14.6 Å². The Hall–Kier alpha value is -3.60. The fourth-order valence-corrected chi connectivity index (χ4v) is 5.55. The highest BCUT2D eigenvalue weighted by atomic mass is 16.5. The smallest absolute Gasteiger partial charge is 0.303 e. The van der Waals surface area contributed by atoms with Crippen LogP contribution in [0.25, 0.3) is 16.7 Å². The number of hydrogen-bond acceptors (Lipinski definition) is 4. The first-order chi connectivity index (χ1) is 17.8. The topological polar surface area (TPSA) is 68.7 Å². The molecule has 1 heterocycles. The molecule has 1 N–H and O–H groups in total. The molecule has 2 aliphatic rings. The molecule has 0 spiro atoms. The van der Waals surface area contributed by atoms with Gasteiger partial charge >= 0.3 is 5.97 Å². The molecular weight excluding hydrogens is 462 g/mol. The molecule has 5 heteroatoms. The number of methoxy groups -OCH3 is 1. The van der Waals surface area contributed by atoms with Gasteiger partial charge in [-0.05, 0) is 101 Å². The standard InChI is InChI=1S/C32H35NO4/c1-32(2)14-5-8-29(32)28-16-21(9-12-26(28)24-13-15-33-30(18-24)36-3)20-37-25-7-4-6-23(17-25)27(19-31(34)35)22-10-11-22/h4,6-9,12-13,15-18,22,27H,5,10-11,14,19-20H2,1-3H3,(H,34,35)/t27-/m0/s1. The Morgan fingerprint density at radius 2 is 1.95 bits per heavy atom. The first kappa shape index (κ1) is 25.1. The number of ether oxygens (including phenoxy) is 2. The molecule has 1 atom stereocenters. The Morgan fingerprint density at radius 3 is 2.65 bits per heavy atom. The molecule has 1 saturated carbocycles. The molecule has 37 heavy (non-hydrogen) atoms. The first-order valence-corrected chi connectivity index (χ1v) is 13.1. The maximum absolute atomic E-state index is 11.4. The summed E-state index contributed by atoms with van der Waals surface area (Å²) in [5, 5.41) is 9.38. The number of benzene rings is 2. The van der Waals surface area contributed by atoms with Gasteiger partial charge in [0.15, 0.2) is 0 Å². The van der Waals surface area contributed by atoms with Crippen molar-refractivity contribution in [2.75, 3.05) is 7.11 Å². The molecule has 0 amide bonds. The third-order valence-electron chi connectivity index (χ3n) is 7.75. The van der Waals surface area contributed by atoms with Crippen LogP contribution in [0.15, 0.2) is 66.9 Å². The van der Waals surface area contributed by atoms with E-state index in [2.05, 4.69) is 43.1 Å². The van der Waals surface area contributed by atoms with Crippen LogP contribution in [-0.4, -0.2) is 23.2 Å². The van der Waals surface area contributed by atoms with Crippen LogP contribution >= 0.6 is 0 Å². The second-order valence-corrected chi connectivity index (χ2v) is 10.9. The lowest BCUT2D eigenvalue weighted by atomic mass is 9.79. The Balaban J connectivity index is 1.42. The van der Waals surface area contributed by atoms with E-state index in [4.69, 9.17) is 9.47 Å². The zero-order valence-electron chi connectivity index (χ0n) is 21.9. The summed E-state index contributed by atoms with van der Waals surface area (Å²) in [6.45, 7) is 5.06. The molecule has 5 rings (SSSR count). The quantitative estimate of drug-likeness (QED) is 0.314. The zero-order chi connectivity index (χ0) is 26.0. The highest BCUT2D eigenvalue weighted by Crippen LogP contribution is 2.47. The van der Waals surface area contributed by atoms with Crippen molar-refractivity contribution in [3.63, 3.8) is 0 Å². The van der Waals surface area contributed by atoms with Crippen LogP contribution in [0.4, 0.5) is 0 Å². The molecule has 192 valence electrons. The Kier molecular flexibility index (Phi) is 7.05. The van der Waals surface area contributed by atoms with Gasteiger partial charge in [0.05, 0.1) is 13.5 Å². The molecule has 3 aromatic rings. The van der Waals surface area contributed by atoms with Crippen LogP contribution in [0.1, 0.15) is 68.6 Å². The van der Waals surface area contributed by atoms with Crippen molar-refractivity contribution in [2.24, 2.45) is 11.3 Å². The lowest BCUT2D eigenvalue weighted by molar-refractivity contribution is -0.137. The predicted octanol–water partition coefficient (Wildman–Crippen LogP) is 7.51. The van der Waals surface area contributed by atoms with Gasteiger partial charge in [-0.25, -0.2) is 4.98 Å². The molecule has 0 aliphatic heterocycles. The first-order valence-electron chi connectivity index (χ1n) is 13.1. The van der Waals surface area contributed by atoms with Crippen molar-refractivity contribution in [1.82, 2.24) is 4.98 Å². The third kappa shape index (κ3) is 5.71. The van der Waals surface area contributed by atoms with E-state index >= 15 is 0 Å². The number of aromatic nitrogens is 1. The summed E-state index contributed by atoms with van der Waals surface area (Å²) >= 11 is 0. The van der Waals surface area contributed by atoms with Crippen LogP contribution in [0.2, 0.25) is 0 Å². The molecule has 0 radical (unpaired) electrons. The Labute approximate surface area is 219 Å². The molecule has 1 fully saturated rings. The number of nitrogens with zero attached hydrogens (tertiary/aromatic N) is 1. The van der Waals surface area contributed by atoms with E-state index in [9.17, 15) is 9.90 Å². The van der Waals surface area contributed by atoms with E-state index in [0.717, 1.165) is 53.7 Å². The highest BCUT2D eigenvalue weighted by molar-refractivity contribution is 5.84. The van der Waals surface area contributed by atoms with Crippen LogP contribution in [0, 0.1) is 11.3 Å². The van der Waals surface area contributed by atoms with Crippen molar-refractivity contribution in [3.05, 3.63) is 83.6 Å². The van der Waals surface area contributed by atoms with Crippen molar-refractivity contribution >= 4 is 11.5 Å². The Bertz CT molecular complexity index is 1320. The van der Waals surface area contributed by atoms with E-state index in [0.29, 0.717) is 18.4 Å². The minimum absolute atomic E-state index is 0.0563.